The van der Waals surface area contributed by atoms with Gasteiger partial charge in [0, 0.05) is 10.9 Å². The van der Waals surface area contributed by atoms with Gasteiger partial charge in [0.15, 0.2) is 0 Å². The van der Waals surface area contributed by atoms with Gasteiger partial charge in [0.25, 0.3) is 0 Å². The van der Waals surface area contributed by atoms with Crippen molar-refractivity contribution < 1.29 is 14.7 Å². The number of rotatable bonds is 3. The molecule has 0 amide bonds. The monoisotopic (exact) mass is 254 g/mol. The molecule has 0 atom stereocenters. The Morgan fingerprint density at radius 3 is 2.36 bits per heavy atom. The predicted molar refractivity (Wildman–Crippen MR) is 54.7 cm³/mol. The van der Waals surface area contributed by atoms with E-state index in [4.69, 9.17) is 5.11 Å². The Morgan fingerprint density at radius 1 is 1.36 bits per heavy atom. The number of benzene rings is 1. The van der Waals surface area contributed by atoms with E-state index in [9.17, 15) is 9.59 Å². The van der Waals surface area contributed by atoms with Gasteiger partial charge in [0.05, 0.1) is 0 Å². The van der Waals surface area contributed by atoms with E-state index < -0.39 is 5.97 Å². The summed E-state index contributed by atoms with van der Waals surface area (Å²) in [5.74, 6) is 0.200. The third-order valence-corrected chi connectivity index (χ3v) is 2.20. The van der Waals surface area contributed by atoms with Gasteiger partial charge in [-0.1, -0.05) is 28.1 Å². The summed E-state index contributed by atoms with van der Waals surface area (Å²) < 4.78 is 0.910. The topological polar surface area (TPSA) is 54.4 Å². The maximum atomic E-state index is 10.5. The van der Waals surface area contributed by atoms with Gasteiger partial charge in [0.1, 0.15) is 11.5 Å². The highest BCUT2D eigenvalue weighted by Gasteiger charge is 2.08. The number of halogens is 1. The van der Waals surface area contributed by atoms with E-state index in [1.807, 2.05) is 0 Å². The molecule has 1 aromatic carbocycles. The zero-order valence-electron chi connectivity index (χ0n) is 7.16. The second-order valence-electron chi connectivity index (χ2n) is 2.69. The van der Waals surface area contributed by atoms with Gasteiger partial charge >= 0.3 is 5.97 Å². The quantitative estimate of drug-likeness (QED) is 0.662. The molecular formula is C10H7BrO3. The van der Waals surface area contributed by atoms with Crippen molar-refractivity contribution in [2.45, 2.75) is 6.42 Å². The fourth-order valence-electron chi connectivity index (χ4n) is 0.962. The van der Waals surface area contributed by atoms with E-state index in [0.717, 1.165) is 10.0 Å². The highest BCUT2D eigenvalue weighted by Crippen LogP contribution is 2.12. The molecule has 72 valence electrons. The molecule has 3 nitrogen and oxygen atoms in total. The molecule has 0 aromatic heterocycles. The molecule has 0 aliphatic heterocycles. The lowest BCUT2D eigenvalue weighted by atomic mass is 10.1. The summed E-state index contributed by atoms with van der Waals surface area (Å²) in [7, 11) is 0. The molecule has 0 unspecified atom stereocenters. The first-order valence-corrected chi connectivity index (χ1v) is 4.64. The van der Waals surface area contributed by atoms with Crippen LogP contribution < -0.4 is 0 Å². The number of aliphatic carboxylic acids is 1. The van der Waals surface area contributed by atoms with E-state index in [1.165, 1.54) is 5.94 Å². The summed E-state index contributed by atoms with van der Waals surface area (Å²) in [5, 5.41) is 8.58. The summed E-state index contributed by atoms with van der Waals surface area (Å²) in [4.78, 5) is 20.8. The minimum absolute atomic E-state index is 0.103. The van der Waals surface area contributed by atoms with Crippen LogP contribution in [0.5, 0.6) is 0 Å². The Bertz CT molecular complexity index is 388. The standard InChI is InChI=1S/C10H7BrO3/c11-9-3-1-7(2-4-9)5-8(6-12)10(13)14/h1-4H,5H2,(H,13,14). The molecule has 0 aliphatic carbocycles. The highest BCUT2D eigenvalue weighted by atomic mass is 79.9. The highest BCUT2D eigenvalue weighted by molar-refractivity contribution is 9.10. The maximum Gasteiger partial charge on any atom is 0.343 e. The summed E-state index contributed by atoms with van der Waals surface area (Å²) in [5.41, 5.74) is 0.515. The zero-order valence-corrected chi connectivity index (χ0v) is 8.74. The lowest BCUT2D eigenvalue weighted by Crippen LogP contribution is -2.04. The second-order valence-corrected chi connectivity index (χ2v) is 3.60. The minimum Gasteiger partial charge on any atom is -0.477 e. The van der Waals surface area contributed by atoms with Crippen LogP contribution in [0, 0.1) is 0 Å². The largest absolute Gasteiger partial charge is 0.477 e. The average Bonchev–Trinajstić information content (AvgIpc) is 2.16. The predicted octanol–water partition coefficient (Wildman–Crippen LogP) is 1.83. The van der Waals surface area contributed by atoms with Gasteiger partial charge in [0.2, 0.25) is 0 Å². The minimum atomic E-state index is -1.22. The Kier molecular flexibility index (Phi) is 3.63. The molecule has 14 heavy (non-hydrogen) atoms. The van der Waals surface area contributed by atoms with Crippen molar-refractivity contribution in [2.24, 2.45) is 0 Å². The van der Waals surface area contributed by atoms with Crippen molar-refractivity contribution in [3.05, 3.63) is 39.9 Å². The molecule has 4 heteroatoms. The first-order valence-electron chi connectivity index (χ1n) is 3.85. The summed E-state index contributed by atoms with van der Waals surface area (Å²) in [6.45, 7) is 0. The van der Waals surface area contributed by atoms with Crippen LogP contribution in [-0.2, 0) is 16.0 Å². The number of hydrogen-bond donors (Lipinski definition) is 1. The molecule has 0 bridgehead atoms. The van der Waals surface area contributed by atoms with E-state index >= 15 is 0 Å². The third-order valence-electron chi connectivity index (χ3n) is 1.68. The average molecular weight is 255 g/mol. The van der Waals surface area contributed by atoms with E-state index in [0.29, 0.717) is 0 Å². The van der Waals surface area contributed by atoms with Gasteiger partial charge in [-0.15, -0.1) is 0 Å². The Hall–Kier alpha value is -1.38. The van der Waals surface area contributed by atoms with Crippen LogP contribution in [0.4, 0.5) is 0 Å². The first-order chi connectivity index (χ1) is 6.63. The molecule has 1 aromatic rings. The van der Waals surface area contributed by atoms with E-state index in [-0.39, 0.29) is 12.0 Å². The van der Waals surface area contributed by atoms with Crippen LogP contribution in [0.1, 0.15) is 5.56 Å². The lowest BCUT2D eigenvalue weighted by molar-refractivity contribution is -0.132. The van der Waals surface area contributed by atoms with Gasteiger partial charge in [-0.3, -0.25) is 0 Å². The summed E-state index contributed by atoms with van der Waals surface area (Å²) in [6, 6.07) is 7.09. The number of carboxylic acid groups (broad SMARTS) is 1. The lowest BCUT2D eigenvalue weighted by Gasteiger charge is -1.98. The van der Waals surface area contributed by atoms with Crippen LogP contribution in [0.25, 0.3) is 0 Å². The van der Waals surface area contributed by atoms with E-state index in [1.54, 1.807) is 24.3 Å². The Balaban J connectivity index is 2.83. The maximum absolute atomic E-state index is 10.5. The summed E-state index contributed by atoms with van der Waals surface area (Å²) in [6.07, 6.45) is 0.103. The third kappa shape index (κ3) is 2.83. The molecule has 0 saturated heterocycles. The number of carbonyl (C=O) groups is 1. The van der Waals surface area contributed by atoms with Crippen molar-refractivity contribution >= 4 is 27.8 Å². The molecule has 0 radical (unpaired) electrons. The summed E-state index contributed by atoms with van der Waals surface area (Å²) >= 11 is 3.26. The molecule has 0 saturated carbocycles. The van der Waals surface area contributed by atoms with Crippen LogP contribution in [0.3, 0.4) is 0 Å². The molecule has 0 fully saturated rings. The van der Waals surface area contributed by atoms with Crippen molar-refractivity contribution in [2.75, 3.05) is 0 Å². The van der Waals surface area contributed by atoms with Crippen molar-refractivity contribution in [3.63, 3.8) is 0 Å². The second kappa shape index (κ2) is 4.74. The van der Waals surface area contributed by atoms with Crippen LogP contribution >= 0.6 is 15.9 Å². The van der Waals surface area contributed by atoms with Crippen molar-refractivity contribution in [1.29, 1.82) is 0 Å². The number of hydrogen-bond acceptors (Lipinski definition) is 2. The first kappa shape index (κ1) is 10.7. The molecule has 1 rings (SSSR count). The van der Waals surface area contributed by atoms with Crippen molar-refractivity contribution in [3.8, 4) is 0 Å². The van der Waals surface area contributed by atoms with Gasteiger partial charge in [-0.05, 0) is 17.7 Å². The normalized spacial score (nSPS) is 9.21. The Morgan fingerprint density at radius 2 is 1.93 bits per heavy atom. The Labute approximate surface area is 89.2 Å². The van der Waals surface area contributed by atoms with Gasteiger partial charge in [-0.25, -0.2) is 9.59 Å². The van der Waals surface area contributed by atoms with Gasteiger partial charge < -0.3 is 5.11 Å². The molecule has 0 spiro atoms. The molecule has 0 heterocycles. The SMILES string of the molecule is O=C=C(Cc1ccc(Br)cc1)C(=O)O. The van der Waals surface area contributed by atoms with E-state index in [2.05, 4.69) is 15.9 Å². The van der Waals surface area contributed by atoms with Crippen molar-refractivity contribution in [1.82, 2.24) is 0 Å². The number of carboxylic acids is 1. The fourth-order valence-corrected chi connectivity index (χ4v) is 1.23. The molecular weight excluding hydrogens is 248 g/mol. The van der Waals surface area contributed by atoms with Crippen LogP contribution in [0.2, 0.25) is 0 Å². The molecule has 1 N–H and O–H groups in total. The van der Waals surface area contributed by atoms with Crippen LogP contribution in [0.15, 0.2) is 34.3 Å². The zero-order chi connectivity index (χ0) is 10.6. The fraction of sp³-hybridized carbons (Fsp3) is 0.100. The molecule has 0 aliphatic rings. The van der Waals surface area contributed by atoms with Gasteiger partial charge in [-0.2, -0.15) is 0 Å². The smallest absolute Gasteiger partial charge is 0.343 e. The van der Waals surface area contributed by atoms with Crippen LogP contribution in [-0.4, -0.2) is 17.0 Å². The number of carbonyl (C=O) groups excluding carboxylic acids is 1.